The molecule has 0 atom stereocenters. The van der Waals surface area contributed by atoms with Gasteiger partial charge in [0.2, 0.25) is 0 Å². The van der Waals surface area contributed by atoms with Gasteiger partial charge in [0.1, 0.15) is 0 Å². The largest absolute Gasteiger partial charge is 0.460 e. The van der Waals surface area contributed by atoms with Crippen LogP contribution in [0.5, 0.6) is 0 Å². The number of alkyl halides is 15. The molecule has 0 bridgehead atoms. The van der Waals surface area contributed by atoms with Crippen LogP contribution in [0.15, 0.2) is 0 Å². The number of unbranched alkanes of at least 4 members (excludes halogenated alkanes) is 1. The summed E-state index contributed by atoms with van der Waals surface area (Å²) in [5, 5.41) is 16.4. The fourth-order valence-electron chi connectivity index (χ4n) is 2.07. The van der Waals surface area contributed by atoms with E-state index >= 15 is 0 Å². The van der Waals surface area contributed by atoms with E-state index in [9.17, 15) is 74.3 Å². The SMILES string of the molecule is CCCCN(CCO)S(=O)(=O)C(F)(F)C(F)(F)C(F)(F)C(F)(F)C(F)(F)C(F)(F)C(F)(F)F.OCCO. The highest BCUT2D eigenvalue weighted by molar-refractivity contribution is 7.90. The molecular weight excluding hydrogens is 591 g/mol. The van der Waals surface area contributed by atoms with E-state index < -0.39 is 81.5 Å². The Hall–Kier alpha value is -1.26. The van der Waals surface area contributed by atoms with Crippen LogP contribution in [0.2, 0.25) is 0 Å². The molecule has 0 aliphatic carbocycles. The highest BCUT2D eigenvalue weighted by Gasteiger charge is 2.94. The first kappa shape index (κ1) is 37.9. The Balaban J connectivity index is 0. The Bertz CT molecular complexity index is 815. The molecule has 0 saturated carbocycles. The smallest absolute Gasteiger partial charge is 0.395 e. The molecule has 0 unspecified atom stereocenters. The van der Waals surface area contributed by atoms with Crippen molar-refractivity contribution in [3.8, 4) is 0 Å². The van der Waals surface area contributed by atoms with E-state index in [1.807, 2.05) is 0 Å². The van der Waals surface area contributed by atoms with Crippen molar-refractivity contribution < 1.29 is 89.6 Å². The fraction of sp³-hybridized carbons (Fsp3) is 1.00. The number of hydrogen-bond donors (Lipinski definition) is 3. The van der Waals surface area contributed by atoms with Gasteiger partial charge in [-0.3, -0.25) is 0 Å². The van der Waals surface area contributed by atoms with E-state index in [1.54, 1.807) is 0 Å². The Morgan fingerprint density at radius 3 is 1.22 bits per heavy atom. The summed E-state index contributed by atoms with van der Waals surface area (Å²) in [5.41, 5.74) is 0. The second-order valence-electron chi connectivity index (χ2n) is 6.81. The van der Waals surface area contributed by atoms with E-state index in [0.29, 0.717) is 0 Å². The molecule has 0 amide bonds. The zero-order valence-electron chi connectivity index (χ0n) is 18.1. The topological polar surface area (TPSA) is 98.1 Å². The van der Waals surface area contributed by atoms with Crippen molar-refractivity contribution in [3.63, 3.8) is 0 Å². The van der Waals surface area contributed by atoms with Crippen LogP contribution in [-0.4, -0.2) is 102 Å². The van der Waals surface area contributed by atoms with E-state index in [2.05, 4.69) is 0 Å². The number of hydrogen-bond acceptors (Lipinski definition) is 5. The molecule has 0 radical (unpaired) electrons. The van der Waals surface area contributed by atoms with Gasteiger partial charge in [-0.2, -0.15) is 70.2 Å². The third kappa shape index (κ3) is 6.49. The predicted molar refractivity (Wildman–Crippen MR) is 92.4 cm³/mol. The van der Waals surface area contributed by atoms with E-state index in [4.69, 9.17) is 15.3 Å². The van der Waals surface area contributed by atoms with Crippen LogP contribution >= 0.6 is 0 Å². The lowest BCUT2D eigenvalue weighted by atomic mass is 9.94. The standard InChI is InChI=1S/C13H14F15NO3S.C2H6O2/c1-2-3-4-29(5-6-30)33(31,32)13(27,28)11(22,23)9(18,19)7(14,15)8(16,17)10(20,21)12(24,25)26;3-1-2-4/h30H,2-6H2,1H3;3-4H,1-2H2. The summed E-state index contributed by atoms with van der Waals surface area (Å²) in [4.78, 5) is 0. The molecule has 37 heavy (non-hydrogen) atoms. The molecule has 0 aliphatic heterocycles. The third-order valence-corrected chi connectivity index (χ3v) is 6.12. The van der Waals surface area contributed by atoms with Gasteiger partial charge in [0.25, 0.3) is 10.0 Å². The summed E-state index contributed by atoms with van der Waals surface area (Å²) in [6, 6.07) is 0. The molecule has 22 heteroatoms. The summed E-state index contributed by atoms with van der Waals surface area (Å²) in [7, 11) is -7.22. The van der Waals surface area contributed by atoms with E-state index in [0.717, 1.165) is 0 Å². The molecule has 0 rings (SSSR count). The summed E-state index contributed by atoms with van der Waals surface area (Å²) < 4.78 is 220. The van der Waals surface area contributed by atoms with Gasteiger partial charge in [-0.1, -0.05) is 13.3 Å². The number of sulfonamides is 1. The van der Waals surface area contributed by atoms with Gasteiger partial charge in [0, 0.05) is 13.1 Å². The van der Waals surface area contributed by atoms with Crippen LogP contribution in [0.3, 0.4) is 0 Å². The van der Waals surface area contributed by atoms with Gasteiger partial charge >= 0.3 is 41.0 Å². The predicted octanol–water partition coefficient (Wildman–Crippen LogP) is 3.71. The number of aliphatic hydroxyl groups is 3. The average Bonchev–Trinajstić information content (AvgIpc) is 2.74. The number of aliphatic hydroxyl groups excluding tert-OH is 3. The van der Waals surface area contributed by atoms with Crippen LogP contribution in [-0.2, 0) is 10.0 Å². The van der Waals surface area contributed by atoms with Crippen LogP contribution < -0.4 is 0 Å². The van der Waals surface area contributed by atoms with Crippen LogP contribution in [0.1, 0.15) is 19.8 Å². The molecule has 0 spiro atoms. The molecule has 0 aromatic carbocycles. The zero-order chi connectivity index (χ0) is 30.5. The molecule has 0 fully saturated rings. The third-order valence-electron chi connectivity index (χ3n) is 4.17. The minimum absolute atomic E-state index is 0.0770. The average molecular weight is 611 g/mol. The second kappa shape index (κ2) is 12.3. The molecule has 6 nitrogen and oxygen atoms in total. The molecule has 226 valence electrons. The second-order valence-corrected chi connectivity index (χ2v) is 8.79. The monoisotopic (exact) mass is 611 g/mol. The summed E-state index contributed by atoms with van der Waals surface area (Å²) in [6.07, 6.45) is -8.30. The van der Waals surface area contributed by atoms with Crippen LogP contribution in [0.25, 0.3) is 0 Å². The van der Waals surface area contributed by atoms with Gasteiger partial charge in [0.05, 0.1) is 19.8 Å². The molecule has 0 aromatic rings. The van der Waals surface area contributed by atoms with E-state index in [1.165, 1.54) is 6.92 Å². The van der Waals surface area contributed by atoms with Crippen LogP contribution in [0.4, 0.5) is 65.9 Å². The van der Waals surface area contributed by atoms with Crippen molar-refractivity contribution in [1.82, 2.24) is 4.31 Å². The summed E-state index contributed by atoms with van der Waals surface area (Å²) >= 11 is 0. The Morgan fingerprint density at radius 2 is 0.919 bits per heavy atom. The Kier molecular flexibility index (Phi) is 12.6. The van der Waals surface area contributed by atoms with Crippen molar-refractivity contribution in [2.75, 3.05) is 32.9 Å². The van der Waals surface area contributed by atoms with Crippen LogP contribution in [0, 0.1) is 0 Å². The van der Waals surface area contributed by atoms with Crippen molar-refractivity contribution >= 4 is 10.0 Å². The zero-order valence-corrected chi connectivity index (χ0v) is 18.9. The van der Waals surface area contributed by atoms with Gasteiger partial charge in [-0.05, 0) is 6.42 Å². The first-order chi connectivity index (χ1) is 16.2. The number of nitrogens with zero attached hydrogens (tertiary/aromatic N) is 1. The maximum absolute atomic E-state index is 14.0. The quantitative estimate of drug-likeness (QED) is 0.276. The van der Waals surface area contributed by atoms with E-state index in [-0.39, 0.29) is 19.6 Å². The van der Waals surface area contributed by atoms with Crippen molar-refractivity contribution in [2.45, 2.75) is 60.8 Å². The fourth-order valence-corrected chi connectivity index (χ4v) is 3.54. The molecule has 0 saturated heterocycles. The highest BCUT2D eigenvalue weighted by Crippen LogP contribution is 2.63. The maximum atomic E-state index is 14.0. The lowest BCUT2D eigenvalue weighted by molar-refractivity contribution is -0.447. The van der Waals surface area contributed by atoms with Crippen molar-refractivity contribution in [1.29, 1.82) is 0 Å². The number of rotatable bonds is 13. The lowest BCUT2D eigenvalue weighted by Gasteiger charge is -2.41. The van der Waals surface area contributed by atoms with Gasteiger partial charge < -0.3 is 15.3 Å². The molecular formula is C15H20F15NO5S. The number of halogens is 15. The van der Waals surface area contributed by atoms with Gasteiger partial charge in [-0.15, -0.1) is 0 Å². The Morgan fingerprint density at radius 1 is 0.568 bits per heavy atom. The Labute approximate surface area is 198 Å². The normalized spacial score (nSPS) is 15.0. The molecule has 0 aromatic heterocycles. The summed E-state index contributed by atoms with van der Waals surface area (Å²) in [5.74, 6) is -41.9. The van der Waals surface area contributed by atoms with Gasteiger partial charge in [-0.25, -0.2) is 8.42 Å². The summed E-state index contributed by atoms with van der Waals surface area (Å²) in [6.45, 7) is -3.14. The van der Waals surface area contributed by atoms with Crippen molar-refractivity contribution in [3.05, 3.63) is 0 Å². The minimum Gasteiger partial charge on any atom is -0.395 e. The first-order valence-corrected chi connectivity index (χ1v) is 10.8. The first-order valence-electron chi connectivity index (χ1n) is 9.34. The van der Waals surface area contributed by atoms with Crippen molar-refractivity contribution in [2.24, 2.45) is 0 Å². The molecule has 3 N–H and O–H groups in total. The lowest BCUT2D eigenvalue weighted by Crippen LogP contribution is -2.73. The van der Waals surface area contributed by atoms with Gasteiger partial charge in [0.15, 0.2) is 0 Å². The maximum Gasteiger partial charge on any atom is 0.460 e. The molecule has 0 heterocycles. The molecule has 0 aliphatic rings. The highest BCUT2D eigenvalue weighted by atomic mass is 32.2. The minimum atomic E-state index is -8.58.